The van der Waals surface area contributed by atoms with Crippen LogP contribution < -0.4 is 10.1 Å². The molecule has 3 nitrogen and oxygen atoms in total. The summed E-state index contributed by atoms with van der Waals surface area (Å²) in [6.07, 6.45) is 1.16. The summed E-state index contributed by atoms with van der Waals surface area (Å²) in [5.74, 6) is 0.939. The van der Waals surface area contributed by atoms with Crippen molar-refractivity contribution < 1.29 is 4.74 Å². The van der Waals surface area contributed by atoms with Gasteiger partial charge >= 0.3 is 0 Å². The zero-order valence-corrected chi connectivity index (χ0v) is 14.2. The molecule has 1 fully saturated rings. The Balaban J connectivity index is 1.86. The van der Waals surface area contributed by atoms with Crippen molar-refractivity contribution in [3.8, 4) is 5.75 Å². The topological polar surface area (TPSA) is 24.5 Å². The first-order chi connectivity index (χ1) is 9.53. The Hall–Kier alpha value is -0.580. The average molecular weight is 341 g/mol. The molecule has 0 bridgehead atoms. The number of ether oxygens (including phenoxy) is 1. The van der Waals surface area contributed by atoms with Crippen LogP contribution in [-0.4, -0.2) is 42.7 Å². The zero-order valence-electron chi connectivity index (χ0n) is 12.7. The van der Waals surface area contributed by atoms with Gasteiger partial charge in [-0.15, -0.1) is 0 Å². The molecule has 0 spiro atoms. The van der Waals surface area contributed by atoms with E-state index in [1.54, 1.807) is 0 Å². The van der Waals surface area contributed by atoms with Gasteiger partial charge < -0.3 is 10.1 Å². The van der Waals surface area contributed by atoms with Crippen molar-refractivity contribution in [1.29, 1.82) is 0 Å². The second-order valence-corrected chi connectivity index (χ2v) is 6.80. The fourth-order valence-corrected chi connectivity index (χ4v) is 2.90. The van der Waals surface area contributed by atoms with Gasteiger partial charge in [0.2, 0.25) is 0 Å². The van der Waals surface area contributed by atoms with E-state index in [0.717, 1.165) is 42.9 Å². The minimum atomic E-state index is 0.246. The molecule has 0 saturated carbocycles. The highest BCUT2D eigenvalue weighted by Crippen LogP contribution is 2.23. The Bertz CT molecular complexity index is 423. The third-order valence-electron chi connectivity index (χ3n) is 4.29. The lowest BCUT2D eigenvalue weighted by Gasteiger charge is -2.47. The van der Waals surface area contributed by atoms with Gasteiger partial charge in [-0.1, -0.05) is 22.9 Å². The Morgan fingerprint density at radius 2 is 2.10 bits per heavy atom. The first kappa shape index (κ1) is 15.8. The molecule has 112 valence electrons. The molecule has 2 unspecified atom stereocenters. The molecule has 1 aliphatic heterocycles. The van der Waals surface area contributed by atoms with Gasteiger partial charge in [0.15, 0.2) is 0 Å². The lowest BCUT2D eigenvalue weighted by atomic mass is 9.92. The fraction of sp³-hybridized carbons (Fsp3) is 0.625. The van der Waals surface area contributed by atoms with Gasteiger partial charge in [-0.2, -0.15) is 0 Å². The Morgan fingerprint density at radius 3 is 2.75 bits per heavy atom. The van der Waals surface area contributed by atoms with E-state index in [0.29, 0.717) is 6.04 Å². The summed E-state index contributed by atoms with van der Waals surface area (Å²) in [6.45, 7) is 10.7. The van der Waals surface area contributed by atoms with Crippen LogP contribution >= 0.6 is 15.9 Å². The Labute approximate surface area is 130 Å². The first-order valence-electron chi connectivity index (χ1n) is 7.40. The minimum absolute atomic E-state index is 0.246. The summed E-state index contributed by atoms with van der Waals surface area (Å²) in [4.78, 5) is 2.56. The van der Waals surface area contributed by atoms with Crippen LogP contribution in [0.1, 0.15) is 27.2 Å². The lowest BCUT2D eigenvalue weighted by molar-refractivity contribution is 0.0408. The van der Waals surface area contributed by atoms with E-state index < -0.39 is 0 Å². The second-order valence-electron chi connectivity index (χ2n) is 5.88. The van der Waals surface area contributed by atoms with Crippen LogP contribution in [0.4, 0.5) is 0 Å². The maximum atomic E-state index is 5.85. The lowest BCUT2D eigenvalue weighted by Crippen LogP contribution is -2.63. The summed E-state index contributed by atoms with van der Waals surface area (Å²) in [6, 6.07) is 8.59. The number of hydrogen-bond donors (Lipinski definition) is 1. The second kappa shape index (κ2) is 6.92. The first-order valence-corrected chi connectivity index (χ1v) is 8.19. The molecule has 1 aromatic rings. The molecule has 1 saturated heterocycles. The number of piperazine rings is 1. The van der Waals surface area contributed by atoms with Gasteiger partial charge in [0, 0.05) is 35.7 Å². The van der Waals surface area contributed by atoms with E-state index >= 15 is 0 Å². The Morgan fingerprint density at radius 1 is 1.40 bits per heavy atom. The standard InChI is InChI=1S/C16H25BrN2O/c1-4-16(3)12-18-13(2)11-19(16)9-10-20-15-7-5-14(17)6-8-15/h5-8,13,18H,4,9-12H2,1-3H3. The summed E-state index contributed by atoms with van der Waals surface area (Å²) in [7, 11) is 0. The van der Waals surface area contributed by atoms with E-state index in [1.807, 2.05) is 24.3 Å². The van der Waals surface area contributed by atoms with Crippen molar-refractivity contribution in [3.05, 3.63) is 28.7 Å². The molecule has 1 aromatic carbocycles. The molecule has 1 aliphatic rings. The van der Waals surface area contributed by atoms with Gasteiger partial charge in [-0.05, 0) is 44.5 Å². The van der Waals surface area contributed by atoms with E-state index in [-0.39, 0.29) is 5.54 Å². The van der Waals surface area contributed by atoms with Gasteiger partial charge in [0.25, 0.3) is 0 Å². The van der Waals surface area contributed by atoms with E-state index in [2.05, 4.69) is 46.9 Å². The number of halogens is 1. The number of nitrogens with one attached hydrogen (secondary N) is 1. The van der Waals surface area contributed by atoms with E-state index in [9.17, 15) is 0 Å². The quantitative estimate of drug-likeness (QED) is 0.889. The molecule has 1 N–H and O–H groups in total. The normalized spacial score (nSPS) is 27.5. The van der Waals surface area contributed by atoms with Crippen molar-refractivity contribution in [2.45, 2.75) is 38.8 Å². The maximum absolute atomic E-state index is 5.85. The molecule has 20 heavy (non-hydrogen) atoms. The summed E-state index contributed by atoms with van der Waals surface area (Å²) in [5, 5.41) is 3.58. The number of rotatable bonds is 5. The van der Waals surface area contributed by atoms with Crippen molar-refractivity contribution in [1.82, 2.24) is 10.2 Å². The zero-order chi connectivity index (χ0) is 14.6. The summed E-state index contributed by atoms with van der Waals surface area (Å²) >= 11 is 3.44. The highest BCUT2D eigenvalue weighted by atomic mass is 79.9. The number of hydrogen-bond acceptors (Lipinski definition) is 3. The maximum Gasteiger partial charge on any atom is 0.119 e. The van der Waals surface area contributed by atoms with Crippen LogP contribution in [-0.2, 0) is 0 Å². The van der Waals surface area contributed by atoms with Gasteiger partial charge in [-0.25, -0.2) is 0 Å². The molecule has 1 heterocycles. The summed E-state index contributed by atoms with van der Waals surface area (Å²) < 4.78 is 6.94. The van der Waals surface area contributed by atoms with Crippen LogP contribution in [0, 0.1) is 0 Å². The molecule has 4 heteroatoms. The molecule has 0 aliphatic carbocycles. The van der Waals surface area contributed by atoms with Crippen LogP contribution in [0.5, 0.6) is 5.75 Å². The highest BCUT2D eigenvalue weighted by molar-refractivity contribution is 9.10. The molecule has 0 radical (unpaired) electrons. The van der Waals surface area contributed by atoms with Crippen LogP contribution in [0.2, 0.25) is 0 Å². The Kier molecular flexibility index (Phi) is 5.47. The smallest absolute Gasteiger partial charge is 0.119 e. The van der Waals surface area contributed by atoms with Crippen LogP contribution in [0.25, 0.3) is 0 Å². The predicted molar refractivity (Wildman–Crippen MR) is 87.4 cm³/mol. The molecular formula is C16H25BrN2O. The third-order valence-corrected chi connectivity index (χ3v) is 4.82. The number of benzene rings is 1. The summed E-state index contributed by atoms with van der Waals surface area (Å²) in [5.41, 5.74) is 0.246. The highest BCUT2D eigenvalue weighted by Gasteiger charge is 2.34. The third kappa shape index (κ3) is 3.96. The van der Waals surface area contributed by atoms with Crippen LogP contribution in [0.15, 0.2) is 28.7 Å². The van der Waals surface area contributed by atoms with Gasteiger partial charge in [0.05, 0.1) is 0 Å². The molecule has 2 atom stereocenters. The average Bonchev–Trinajstić information content (AvgIpc) is 2.45. The van der Waals surface area contributed by atoms with E-state index in [4.69, 9.17) is 4.74 Å². The van der Waals surface area contributed by atoms with Crippen molar-refractivity contribution >= 4 is 15.9 Å². The molecule has 0 aromatic heterocycles. The SMILES string of the molecule is CCC1(C)CNC(C)CN1CCOc1ccc(Br)cc1. The molecular weight excluding hydrogens is 316 g/mol. The van der Waals surface area contributed by atoms with Gasteiger partial charge in [-0.3, -0.25) is 4.90 Å². The molecule has 2 rings (SSSR count). The van der Waals surface area contributed by atoms with Crippen molar-refractivity contribution in [3.63, 3.8) is 0 Å². The number of nitrogens with zero attached hydrogens (tertiary/aromatic N) is 1. The largest absolute Gasteiger partial charge is 0.492 e. The van der Waals surface area contributed by atoms with Gasteiger partial charge in [0.1, 0.15) is 12.4 Å². The van der Waals surface area contributed by atoms with E-state index in [1.165, 1.54) is 0 Å². The predicted octanol–water partition coefficient (Wildman–Crippen LogP) is 3.29. The monoisotopic (exact) mass is 340 g/mol. The van der Waals surface area contributed by atoms with Crippen LogP contribution in [0.3, 0.4) is 0 Å². The fourth-order valence-electron chi connectivity index (χ4n) is 2.64. The minimum Gasteiger partial charge on any atom is -0.492 e. The van der Waals surface area contributed by atoms with Crippen molar-refractivity contribution in [2.75, 3.05) is 26.2 Å². The molecule has 0 amide bonds. The van der Waals surface area contributed by atoms with Crippen molar-refractivity contribution in [2.24, 2.45) is 0 Å².